The van der Waals surface area contributed by atoms with Crippen molar-refractivity contribution in [1.29, 1.82) is 0 Å². The van der Waals surface area contributed by atoms with Crippen LogP contribution in [0.1, 0.15) is 32.8 Å². The minimum absolute atomic E-state index is 0.0149. The third-order valence-electron chi connectivity index (χ3n) is 4.25. The van der Waals surface area contributed by atoms with E-state index in [1.165, 1.54) is 0 Å². The average molecular weight is 344 g/mol. The summed E-state index contributed by atoms with van der Waals surface area (Å²) in [5.41, 5.74) is 0.759. The maximum absolute atomic E-state index is 14.1. The Morgan fingerprint density at radius 2 is 2.25 bits per heavy atom. The number of ether oxygens (including phenoxy) is 1. The highest BCUT2D eigenvalue weighted by Gasteiger charge is 2.41. The van der Waals surface area contributed by atoms with Crippen molar-refractivity contribution >= 4 is 15.9 Å². The first-order chi connectivity index (χ1) is 9.43. The molecule has 1 aliphatic heterocycles. The third-order valence-corrected chi connectivity index (χ3v) is 4.74. The molecule has 1 fully saturated rings. The summed E-state index contributed by atoms with van der Waals surface area (Å²) in [4.78, 5) is 0. The van der Waals surface area contributed by atoms with Crippen molar-refractivity contribution in [2.75, 3.05) is 13.2 Å². The molecule has 1 aliphatic rings. The Kier molecular flexibility index (Phi) is 5.21. The maximum atomic E-state index is 14.1. The van der Waals surface area contributed by atoms with E-state index in [4.69, 9.17) is 4.74 Å². The van der Waals surface area contributed by atoms with Crippen LogP contribution in [0.3, 0.4) is 0 Å². The van der Waals surface area contributed by atoms with Gasteiger partial charge in [0.2, 0.25) is 0 Å². The van der Waals surface area contributed by atoms with Crippen LogP contribution in [-0.2, 0) is 11.2 Å². The molecule has 0 aromatic heterocycles. The van der Waals surface area contributed by atoms with Crippen LogP contribution in [0.25, 0.3) is 0 Å². The van der Waals surface area contributed by atoms with Gasteiger partial charge in [0.25, 0.3) is 0 Å². The topological polar surface area (TPSA) is 21.3 Å². The molecular formula is C16H23BrFNO. The van der Waals surface area contributed by atoms with Crippen LogP contribution in [-0.4, -0.2) is 25.3 Å². The molecular weight excluding hydrogens is 321 g/mol. The molecule has 4 heteroatoms. The lowest BCUT2D eigenvalue weighted by molar-refractivity contribution is 0.0617. The van der Waals surface area contributed by atoms with Gasteiger partial charge in [-0.05, 0) is 37.5 Å². The Bertz CT molecular complexity index is 466. The highest BCUT2D eigenvalue weighted by Crippen LogP contribution is 2.38. The minimum atomic E-state index is -0.137. The molecule has 0 spiro atoms. The van der Waals surface area contributed by atoms with Gasteiger partial charge in [-0.15, -0.1) is 0 Å². The van der Waals surface area contributed by atoms with Gasteiger partial charge >= 0.3 is 0 Å². The molecule has 2 atom stereocenters. The molecule has 0 radical (unpaired) electrons. The van der Waals surface area contributed by atoms with Crippen molar-refractivity contribution in [1.82, 2.24) is 5.32 Å². The second-order valence-electron chi connectivity index (χ2n) is 6.07. The van der Waals surface area contributed by atoms with Crippen molar-refractivity contribution in [2.24, 2.45) is 5.41 Å². The number of hydrogen-bond donors (Lipinski definition) is 1. The molecule has 0 saturated carbocycles. The Balaban J connectivity index is 2.19. The fourth-order valence-corrected chi connectivity index (χ4v) is 3.13. The van der Waals surface area contributed by atoms with E-state index in [0.29, 0.717) is 12.5 Å². The first-order valence-electron chi connectivity index (χ1n) is 7.22. The molecule has 2 rings (SSSR count). The highest BCUT2D eigenvalue weighted by atomic mass is 79.9. The first kappa shape index (κ1) is 15.9. The van der Waals surface area contributed by atoms with Gasteiger partial charge in [-0.3, -0.25) is 0 Å². The van der Waals surface area contributed by atoms with Crippen molar-refractivity contribution in [3.05, 3.63) is 34.1 Å². The van der Waals surface area contributed by atoms with E-state index < -0.39 is 0 Å². The van der Waals surface area contributed by atoms with Crippen LogP contribution < -0.4 is 5.32 Å². The Morgan fingerprint density at radius 1 is 1.50 bits per heavy atom. The number of rotatable bonds is 5. The average Bonchev–Trinajstić information content (AvgIpc) is 2.73. The van der Waals surface area contributed by atoms with Crippen LogP contribution in [0.4, 0.5) is 4.39 Å². The fraction of sp³-hybridized carbons (Fsp3) is 0.625. The zero-order valence-electron chi connectivity index (χ0n) is 12.4. The molecule has 2 unspecified atom stereocenters. The van der Waals surface area contributed by atoms with Gasteiger partial charge in [0.15, 0.2) is 0 Å². The van der Waals surface area contributed by atoms with Crippen molar-refractivity contribution in [2.45, 2.75) is 45.8 Å². The third kappa shape index (κ3) is 3.60. The molecule has 2 nitrogen and oxygen atoms in total. The molecule has 0 bridgehead atoms. The molecule has 1 heterocycles. The van der Waals surface area contributed by atoms with Crippen LogP contribution in [0.2, 0.25) is 0 Å². The van der Waals surface area contributed by atoms with Gasteiger partial charge in [-0.2, -0.15) is 0 Å². The van der Waals surface area contributed by atoms with Crippen LogP contribution in [0.15, 0.2) is 22.7 Å². The SMILES string of the molecule is CC(C)NCC1(Cc2ccc(Br)cc2F)CCOC1C. The summed E-state index contributed by atoms with van der Waals surface area (Å²) in [7, 11) is 0. The molecule has 1 aromatic carbocycles. The molecule has 0 amide bonds. The second-order valence-corrected chi connectivity index (χ2v) is 6.99. The molecule has 1 aromatic rings. The normalized spacial score (nSPS) is 26.4. The molecule has 112 valence electrons. The molecule has 20 heavy (non-hydrogen) atoms. The highest BCUT2D eigenvalue weighted by molar-refractivity contribution is 9.10. The smallest absolute Gasteiger partial charge is 0.127 e. The summed E-state index contributed by atoms with van der Waals surface area (Å²) in [6.07, 6.45) is 1.84. The van der Waals surface area contributed by atoms with Gasteiger partial charge in [0.05, 0.1) is 6.10 Å². The van der Waals surface area contributed by atoms with E-state index in [2.05, 4.69) is 42.0 Å². The zero-order valence-corrected chi connectivity index (χ0v) is 14.0. The van der Waals surface area contributed by atoms with E-state index in [-0.39, 0.29) is 17.3 Å². The number of benzene rings is 1. The molecule has 0 aliphatic carbocycles. The lowest BCUT2D eigenvalue weighted by atomic mass is 9.76. The lowest BCUT2D eigenvalue weighted by Gasteiger charge is -2.33. The van der Waals surface area contributed by atoms with Gasteiger partial charge in [-0.25, -0.2) is 4.39 Å². The Hall–Kier alpha value is -0.450. The zero-order chi connectivity index (χ0) is 14.8. The van der Waals surface area contributed by atoms with Gasteiger partial charge in [0.1, 0.15) is 5.82 Å². The van der Waals surface area contributed by atoms with E-state index in [1.54, 1.807) is 6.07 Å². The van der Waals surface area contributed by atoms with Gasteiger partial charge in [-0.1, -0.05) is 35.8 Å². The molecule has 1 N–H and O–H groups in total. The monoisotopic (exact) mass is 343 g/mol. The van der Waals surface area contributed by atoms with Gasteiger partial charge < -0.3 is 10.1 Å². The van der Waals surface area contributed by atoms with E-state index in [0.717, 1.165) is 29.6 Å². The number of hydrogen-bond acceptors (Lipinski definition) is 2. The van der Waals surface area contributed by atoms with Crippen LogP contribution in [0.5, 0.6) is 0 Å². The van der Waals surface area contributed by atoms with Crippen molar-refractivity contribution in [3.8, 4) is 0 Å². The Morgan fingerprint density at radius 3 is 2.80 bits per heavy atom. The van der Waals surface area contributed by atoms with E-state index in [9.17, 15) is 4.39 Å². The fourth-order valence-electron chi connectivity index (χ4n) is 2.80. The predicted molar refractivity (Wildman–Crippen MR) is 83.4 cm³/mol. The van der Waals surface area contributed by atoms with E-state index in [1.807, 2.05) is 12.1 Å². The van der Waals surface area contributed by atoms with Gasteiger partial charge in [0, 0.05) is 29.1 Å². The van der Waals surface area contributed by atoms with E-state index >= 15 is 0 Å². The maximum Gasteiger partial charge on any atom is 0.127 e. The summed E-state index contributed by atoms with van der Waals surface area (Å²) in [5, 5.41) is 3.50. The standard InChI is InChI=1S/C16H23BrFNO/c1-11(2)19-10-16(6-7-20-12(16)3)9-13-4-5-14(17)8-15(13)18/h4-5,8,11-12,19H,6-7,9-10H2,1-3H3. The summed E-state index contributed by atoms with van der Waals surface area (Å²) in [6, 6.07) is 5.75. The predicted octanol–water partition coefficient (Wildman–Crippen LogP) is 3.92. The minimum Gasteiger partial charge on any atom is -0.378 e. The Labute approximate surface area is 129 Å². The summed E-state index contributed by atoms with van der Waals surface area (Å²) < 4.78 is 20.7. The second kappa shape index (κ2) is 6.54. The lowest BCUT2D eigenvalue weighted by Crippen LogP contribution is -2.43. The van der Waals surface area contributed by atoms with Crippen molar-refractivity contribution < 1.29 is 9.13 Å². The molecule has 1 saturated heterocycles. The number of nitrogens with one attached hydrogen (secondary N) is 1. The first-order valence-corrected chi connectivity index (χ1v) is 8.01. The number of halogens is 2. The van der Waals surface area contributed by atoms with Crippen LogP contribution >= 0.6 is 15.9 Å². The quantitative estimate of drug-likeness (QED) is 0.874. The van der Waals surface area contributed by atoms with Crippen molar-refractivity contribution in [3.63, 3.8) is 0 Å². The summed E-state index contributed by atoms with van der Waals surface area (Å²) >= 11 is 3.31. The largest absolute Gasteiger partial charge is 0.378 e. The summed E-state index contributed by atoms with van der Waals surface area (Å²) in [6.45, 7) is 8.00. The summed E-state index contributed by atoms with van der Waals surface area (Å²) in [5.74, 6) is -0.137. The van der Waals surface area contributed by atoms with Crippen LogP contribution in [0, 0.1) is 11.2 Å².